The lowest BCUT2D eigenvalue weighted by atomic mass is 9.84. The molecule has 0 aliphatic carbocycles. The Morgan fingerprint density at radius 1 is 0.750 bits per heavy atom. The van der Waals surface area contributed by atoms with Crippen LogP contribution in [0.3, 0.4) is 0 Å². The lowest BCUT2D eigenvalue weighted by molar-refractivity contribution is -0.164. The van der Waals surface area contributed by atoms with Crippen molar-refractivity contribution in [3.63, 3.8) is 0 Å². The number of hydrogen-bond acceptors (Lipinski definition) is 3. The number of carbonyl (C=O) groups is 1. The van der Waals surface area contributed by atoms with Crippen LogP contribution in [0.5, 0.6) is 0 Å². The van der Waals surface area contributed by atoms with Gasteiger partial charge in [0.05, 0.1) is 0 Å². The minimum Gasteiger partial charge on any atom is -0.454 e. The molecule has 0 amide bonds. The Balaban J connectivity index is 1.40. The Bertz CT molecular complexity index is 678. The number of unbranched alkanes of at least 4 members (excludes halogenated alkanes) is 15. The number of carbonyl (C=O) groups excluding carboxylic acids is 1. The summed E-state index contributed by atoms with van der Waals surface area (Å²) in [6.45, 7) is 4.08. The smallest absolute Gasteiger partial charge is 0.306 e. The van der Waals surface area contributed by atoms with E-state index < -0.39 is 5.60 Å². The molecule has 0 saturated carbocycles. The minimum atomic E-state index is -0.437. The van der Waals surface area contributed by atoms with Crippen molar-refractivity contribution >= 4 is 5.97 Å². The summed E-state index contributed by atoms with van der Waals surface area (Å²) in [5, 5.41) is 3.39. The van der Waals surface area contributed by atoms with E-state index >= 15 is 0 Å². The van der Waals surface area contributed by atoms with Crippen LogP contribution in [0, 0.1) is 0 Å². The summed E-state index contributed by atoms with van der Waals surface area (Å²) in [4.78, 5) is 12.6. The number of esters is 1. The fourth-order valence-electron chi connectivity index (χ4n) is 5.34. The first-order chi connectivity index (χ1) is 17.8. The van der Waals surface area contributed by atoms with Gasteiger partial charge in [-0.3, -0.25) is 4.79 Å². The van der Waals surface area contributed by atoms with E-state index in [4.69, 9.17) is 4.74 Å². The molecule has 0 spiro atoms. The summed E-state index contributed by atoms with van der Waals surface area (Å²) in [5.41, 5.74) is 0.705. The molecular weight excluding hydrogens is 442 g/mol. The van der Waals surface area contributed by atoms with Crippen molar-refractivity contribution in [1.82, 2.24) is 5.32 Å². The number of rotatable bonds is 21. The van der Waals surface area contributed by atoms with Gasteiger partial charge in [0, 0.05) is 19.3 Å². The van der Waals surface area contributed by atoms with Gasteiger partial charge in [0.15, 0.2) is 0 Å². The summed E-state index contributed by atoms with van der Waals surface area (Å²) < 4.78 is 6.12. The van der Waals surface area contributed by atoms with Crippen molar-refractivity contribution < 1.29 is 9.53 Å². The number of allylic oxidation sites excluding steroid dienone is 2. The molecule has 0 radical (unpaired) electrons. The van der Waals surface area contributed by atoms with E-state index in [0.29, 0.717) is 6.42 Å². The van der Waals surface area contributed by atoms with E-state index in [-0.39, 0.29) is 5.97 Å². The number of piperidine rings is 1. The minimum absolute atomic E-state index is 0.0261. The fraction of sp³-hybridized carbons (Fsp3) is 0.727. The van der Waals surface area contributed by atoms with Gasteiger partial charge in [-0.15, -0.1) is 0 Å². The first-order valence-electron chi connectivity index (χ1n) is 15.4. The van der Waals surface area contributed by atoms with E-state index in [1.165, 1.54) is 96.3 Å². The van der Waals surface area contributed by atoms with E-state index in [9.17, 15) is 4.79 Å². The molecule has 3 nitrogen and oxygen atoms in total. The molecule has 1 N–H and O–H groups in total. The maximum absolute atomic E-state index is 12.6. The van der Waals surface area contributed by atoms with Crippen molar-refractivity contribution in [2.75, 3.05) is 13.1 Å². The van der Waals surface area contributed by atoms with Crippen molar-refractivity contribution in [3.8, 4) is 0 Å². The van der Waals surface area contributed by atoms with Crippen molar-refractivity contribution in [3.05, 3.63) is 48.0 Å². The normalized spacial score (nSPS) is 15.4. The second kappa shape index (κ2) is 20.4. The molecule has 1 fully saturated rings. The number of ether oxygens (including phenoxy) is 1. The maximum atomic E-state index is 12.6. The van der Waals surface area contributed by atoms with Crippen LogP contribution in [-0.4, -0.2) is 19.1 Å². The maximum Gasteiger partial charge on any atom is 0.306 e. The van der Waals surface area contributed by atoms with Gasteiger partial charge in [-0.1, -0.05) is 126 Å². The van der Waals surface area contributed by atoms with Crippen LogP contribution in [0.25, 0.3) is 0 Å². The first kappa shape index (κ1) is 30.6. The van der Waals surface area contributed by atoms with Crippen LogP contribution in [0.15, 0.2) is 42.5 Å². The Labute approximate surface area is 222 Å². The molecule has 1 saturated heterocycles. The van der Waals surface area contributed by atoms with Gasteiger partial charge in [-0.05, 0) is 50.8 Å². The molecule has 204 valence electrons. The zero-order chi connectivity index (χ0) is 25.6. The molecule has 2 rings (SSSR count). The van der Waals surface area contributed by atoms with Crippen LogP contribution >= 0.6 is 0 Å². The van der Waals surface area contributed by atoms with Gasteiger partial charge >= 0.3 is 5.97 Å². The van der Waals surface area contributed by atoms with Crippen LogP contribution in [-0.2, 0) is 15.1 Å². The quantitative estimate of drug-likeness (QED) is 0.104. The van der Waals surface area contributed by atoms with Crippen molar-refractivity contribution in [2.24, 2.45) is 0 Å². The average molecular weight is 498 g/mol. The van der Waals surface area contributed by atoms with Gasteiger partial charge in [0.2, 0.25) is 0 Å². The predicted octanol–water partition coefficient (Wildman–Crippen LogP) is 9.41. The lowest BCUT2D eigenvalue weighted by Gasteiger charge is -2.37. The molecule has 1 aliphatic rings. The Kier molecular flexibility index (Phi) is 17.4. The zero-order valence-electron chi connectivity index (χ0n) is 23.4. The molecule has 1 aromatic carbocycles. The second-order valence-corrected chi connectivity index (χ2v) is 10.8. The highest BCUT2D eigenvalue weighted by atomic mass is 16.6. The van der Waals surface area contributed by atoms with E-state index in [1.54, 1.807) is 0 Å². The molecule has 36 heavy (non-hydrogen) atoms. The van der Waals surface area contributed by atoms with Crippen LogP contribution in [0.1, 0.15) is 141 Å². The fourth-order valence-corrected chi connectivity index (χ4v) is 5.34. The standard InChI is InChI=1S/C33H55NO2/c1-2-3-4-5-6-7-8-9-10-11-12-13-14-15-16-17-18-19-23-26-32(35)36-33(27-29-34-30-28-33)31-24-21-20-22-25-31/h9-10,20-22,24-25,34H,2-8,11-19,23,26-30H2,1H3/b10-9+. The summed E-state index contributed by atoms with van der Waals surface area (Å²) in [7, 11) is 0. The van der Waals surface area contributed by atoms with Gasteiger partial charge in [0.1, 0.15) is 5.60 Å². The van der Waals surface area contributed by atoms with E-state index in [2.05, 4.69) is 36.5 Å². The largest absolute Gasteiger partial charge is 0.454 e. The third-order valence-corrected chi connectivity index (χ3v) is 7.66. The highest BCUT2D eigenvalue weighted by Gasteiger charge is 2.37. The highest BCUT2D eigenvalue weighted by Crippen LogP contribution is 2.35. The topological polar surface area (TPSA) is 38.3 Å². The lowest BCUT2D eigenvalue weighted by Crippen LogP contribution is -2.43. The molecular formula is C33H55NO2. The van der Waals surface area contributed by atoms with Crippen molar-refractivity contribution in [2.45, 2.75) is 141 Å². The zero-order valence-corrected chi connectivity index (χ0v) is 23.4. The monoisotopic (exact) mass is 497 g/mol. The Morgan fingerprint density at radius 2 is 1.25 bits per heavy atom. The molecule has 0 bridgehead atoms. The third kappa shape index (κ3) is 13.6. The first-order valence-corrected chi connectivity index (χ1v) is 15.4. The third-order valence-electron chi connectivity index (χ3n) is 7.66. The van der Waals surface area contributed by atoms with Crippen molar-refractivity contribution in [1.29, 1.82) is 0 Å². The molecule has 0 aromatic heterocycles. The van der Waals surface area contributed by atoms with E-state index in [0.717, 1.165) is 44.3 Å². The summed E-state index contributed by atoms with van der Waals surface area (Å²) in [6.07, 6.45) is 29.4. The van der Waals surface area contributed by atoms with Crippen LogP contribution < -0.4 is 5.32 Å². The van der Waals surface area contributed by atoms with Crippen LogP contribution in [0.4, 0.5) is 0 Å². The van der Waals surface area contributed by atoms with Gasteiger partial charge in [-0.2, -0.15) is 0 Å². The number of benzene rings is 1. The summed E-state index contributed by atoms with van der Waals surface area (Å²) in [6, 6.07) is 10.3. The average Bonchev–Trinajstić information content (AvgIpc) is 2.91. The Hall–Kier alpha value is -1.61. The molecule has 0 atom stereocenters. The summed E-state index contributed by atoms with van der Waals surface area (Å²) in [5.74, 6) is -0.0261. The molecule has 3 heteroatoms. The van der Waals surface area contributed by atoms with E-state index in [1.807, 2.05) is 18.2 Å². The van der Waals surface area contributed by atoms with Gasteiger partial charge < -0.3 is 10.1 Å². The molecule has 1 aromatic rings. The molecule has 1 aliphatic heterocycles. The Morgan fingerprint density at radius 3 is 1.81 bits per heavy atom. The summed E-state index contributed by atoms with van der Waals surface area (Å²) >= 11 is 0. The predicted molar refractivity (Wildman–Crippen MR) is 154 cm³/mol. The molecule has 1 heterocycles. The number of nitrogens with one attached hydrogen (secondary N) is 1. The second-order valence-electron chi connectivity index (χ2n) is 10.8. The van der Waals surface area contributed by atoms with Gasteiger partial charge in [-0.25, -0.2) is 0 Å². The SMILES string of the molecule is CCCCCCCC/C=C/CCCCCCCCCCCC(=O)OC1(c2ccccc2)CCNCC1. The number of hydrogen-bond donors (Lipinski definition) is 1. The van der Waals surface area contributed by atoms with Gasteiger partial charge in [0.25, 0.3) is 0 Å². The molecule has 0 unspecified atom stereocenters. The van der Waals surface area contributed by atoms with Crippen LogP contribution in [0.2, 0.25) is 0 Å². The highest BCUT2D eigenvalue weighted by molar-refractivity contribution is 5.70.